The van der Waals surface area contributed by atoms with Gasteiger partial charge in [-0.1, -0.05) is 18.2 Å². The Bertz CT molecular complexity index is 926. The molecule has 2 aromatic carbocycles. The summed E-state index contributed by atoms with van der Waals surface area (Å²) < 4.78 is 19.1. The zero-order valence-corrected chi connectivity index (χ0v) is 14.0. The van der Waals surface area contributed by atoms with E-state index in [9.17, 15) is 9.50 Å². The first-order valence-corrected chi connectivity index (χ1v) is 7.73. The van der Waals surface area contributed by atoms with Crippen LogP contribution in [-0.2, 0) is 0 Å². The van der Waals surface area contributed by atoms with Crippen molar-refractivity contribution in [2.24, 2.45) is 0 Å². The van der Waals surface area contributed by atoms with Crippen LogP contribution in [0.15, 0.2) is 48.7 Å². The van der Waals surface area contributed by atoms with E-state index in [-0.39, 0.29) is 11.3 Å². The van der Waals surface area contributed by atoms with Crippen molar-refractivity contribution in [2.45, 2.75) is 0 Å². The molecular weight excluding hydrogens is 319 g/mol. The van der Waals surface area contributed by atoms with E-state index in [4.69, 9.17) is 10.00 Å². The maximum Gasteiger partial charge on any atom is 0.160 e. The van der Waals surface area contributed by atoms with E-state index >= 15 is 0 Å². The third kappa shape index (κ3) is 3.20. The molecule has 25 heavy (non-hydrogen) atoms. The van der Waals surface area contributed by atoms with Gasteiger partial charge in [0.1, 0.15) is 11.9 Å². The van der Waals surface area contributed by atoms with Gasteiger partial charge < -0.3 is 14.7 Å². The van der Waals surface area contributed by atoms with Crippen molar-refractivity contribution in [3.8, 4) is 17.6 Å². The van der Waals surface area contributed by atoms with E-state index in [1.807, 2.05) is 36.4 Å². The molecule has 1 N–H and O–H groups in total. The molecule has 0 unspecified atom stereocenters. The van der Waals surface area contributed by atoms with Gasteiger partial charge in [-0.15, -0.1) is 0 Å². The fourth-order valence-electron chi connectivity index (χ4n) is 2.82. The lowest BCUT2D eigenvalue weighted by atomic mass is 9.90. The zero-order valence-electron chi connectivity index (χ0n) is 14.0. The monoisotopic (exact) mass is 336 g/mol. The van der Waals surface area contributed by atoms with Crippen LogP contribution >= 0.6 is 0 Å². The fraction of sp³-hybridized carbons (Fsp3) is 0.150. The van der Waals surface area contributed by atoms with Gasteiger partial charge in [0.15, 0.2) is 11.5 Å². The van der Waals surface area contributed by atoms with Crippen molar-refractivity contribution in [3.63, 3.8) is 0 Å². The quantitative estimate of drug-likeness (QED) is 0.927. The van der Waals surface area contributed by atoms with Crippen molar-refractivity contribution < 1.29 is 14.2 Å². The van der Waals surface area contributed by atoms with E-state index in [1.54, 1.807) is 18.2 Å². The summed E-state index contributed by atoms with van der Waals surface area (Å²) in [5.41, 5.74) is 3.20. The lowest BCUT2D eigenvalue weighted by Gasteiger charge is -2.24. The minimum absolute atomic E-state index is 0.0149. The minimum Gasteiger partial charge on any atom is -0.504 e. The number of phenolic OH excluding ortho intramolecular Hbond substituents is 1. The molecule has 0 bridgehead atoms. The molecule has 0 fully saturated rings. The molecule has 0 atom stereocenters. The van der Waals surface area contributed by atoms with Gasteiger partial charge in [0.05, 0.1) is 12.7 Å². The number of allylic oxidation sites excluding steroid dienone is 2. The molecule has 126 valence electrons. The fourth-order valence-corrected chi connectivity index (χ4v) is 2.82. The molecule has 4 nitrogen and oxygen atoms in total. The first-order chi connectivity index (χ1) is 12.0. The largest absolute Gasteiger partial charge is 0.504 e. The van der Waals surface area contributed by atoms with Crippen molar-refractivity contribution >= 4 is 11.1 Å². The summed E-state index contributed by atoms with van der Waals surface area (Å²) in [6, 6.07) is 11.6. The number of phenols is 1. The molecule has 0 radical (unpaired) electrons. The number of benzene rings is 2. The molecule has 0 amide bonds. The average Bonchev–Trinajstić information content (AvgIpc) is 2.61. The highest BCUT2D eigenvalue weighted by molar-refractivity contribution is 6.05. The topological polar surface area (TPSA) is 56.5 Å². The molecule has 0 aliphatic carbocycles. The van der Waals surface area contributed by atoms with Crippen LogP contribution < -0.4 is 4.74 Å². The van der Waals surface area contributed by atoms with Crippen LogP contribution in [-0.4, -0.2) is 30.7 Å². The Kier molecular flexibility index (Phi) is 4.44. The summed E-state index contributed by atoms with van der Waals surface area (Å²) in [6.07, 6.45) is 3.95. The van der Waals surface area contributed by atoms with Crippen molar-refractivity contribution in [3.05, 3.63) is 71.2 Å². The molecule has 0 saturated carbocycles. The van der Waals surface area contributed by atoms with Crippen LogP contribution in [0.2, 0.25) is 0 Å². The second kappa shape index (κ2) is 6.70. The first-order valence-electron chi connectivity index (χ1n) is 7.73. The van der Waals surface area contributed by atoms with E-state index < -0.39 is 5.82 Å². The highest BCUT2D eigenvalue weighted by Gasteiger charge is 2.18. The molecule has 0 aromatic heterocycles. The van der Waals surface area contributed by atoms with Crippen LogP contribution in [0.5, 0.6) is 11.5 Å². The van der Waals surface area contributed by atoms with E-state index in [0.717, 1.165) is 16.7 Å². The van der Waals surface area contributed by atoms with Gasteiger partial charge in [-0.2, -0.15) is 5.26 Å². The maximum absolute atomic E-state index is 14.1. The van der Waals surface area contributed by atoms with Crippen LogP contribution in [0.3, 0.4) is 0 Å². The average molecular weight is 336 g/mol. The number of ether oxygens (including phenoxy) is 1. The van der Waals surface area contributed by atoms with Gasteiger partial charge in [-0.3, -0.25) is 0 Å². The summed E-state index contributed by atoms with van der Waals surface area (Å²) in [5, 5.41) is 19.0. The molecular formula is C20H17FN2O2. The maximum atomic E-state index is 14.1. The van der Waals surface area contributed by atoms with Crippen LogP contribution in [0.1, 0.15) is 16.7 Å². The molecule has 5 heteroatoms. The normalized spacial score (nSPS) is 13.8. The number of hydrogen-bond acceptors (Lipinski definition) is 4. The predicted molar refractivity (Wildman–Crippen MR) is 94.4 cm³/mol. The van der Waals surface area contributed by atoms with Gasteiger partial charge in [-0.25, -0.2) is 4.39 Å². The lowest BCUT2D eigenvalue weighted by molar-refractivity contribution is 0.373. The number of rotatable bonds is 3. The summed E-state index contributed by atoms with van der Waals surface area (Å²) in [6.45, 7) is 0.699. The third-order valence-electron chi connectivity index (χ3n) is 4.11. The molecule has 0 saturated heterocycles. The number of nitrogens with zero attached hydrogens (tertiary/aromatic N) is 2. The summed E-state index contributed by atoms with van der Waals surface area (Å²) in [7, 11) is 3.42. The summed E-state index contributed by atoms with van der Waals surface area (Å²) in [5.74, 6) is -0.108. The summed E-state index contributed by atoms with van der Waals surface area (Å²) >= 11 is 0. The van der Waals surface area contributed by atoms with Gasteiger partial charge in [0.25, 0.3) is 0 Å². The Labute approximate surface area is 145 Å². The Balaban J connectivity index is 2.07. The smallest absolute Gasteiger partial charge is 0.160 e. The Morgan fingerprint density at radius 1 is 1.16 bits per heavy atom. The highest BCUT2D eigenvalue weighted by atomic mass is 19.1. The molecule has 0 spiro atoms. The number of nitriles is 1. The van der Waals surface area contributed by atoms with Crippen molar-refractivity contribution in [2.75, 3.05) is 20.7 Å². The lowest BCUT2D eigenvalue weighted by Crippen LogP contribution is -2.16. The second-order valence-electron chi connectivity index (χ2n) is 5.79. The molecule has 2 aromatic rings. The number of likely N-dealkylation sites (N-methyl/N-ethyl adjacent to an activating group) is 1. The predicted octanol–water partition coefficient (Wildman–Crippen LogP) is 3.78. The van der Waals surface area contributed by atoms with Gasteiger partial charge >= 0.3 is 0 Å². The molecule has 1 aliphatic rings. The molecule has 3 rings (SSSR count). The third-order valence-corrected chi connectivity index (χ3v) is 4.11. The SMILES string of the molecule is COc1ccc(C2=CCN(C)C=C2c2ccc(C#N)c(F)c2)cc1O. The minimum atomic E-state index is -0.550. The Hall–Kier alpha value is -3.26. The van der Waals surface area contributed by atoms with Crippen molar-refractivity contribution in [1.29, 1.82) is 5.26 Å². The number of methoxy groups -OCH3 is 1. The Morgan fingerprint density at radius 3 is 2.52 bits per heavy atom. The van der Waals surface area contributed by atoms with Crippen LogP contribution in [0.4, 0.5) is 4.39 Å². The first kappa shape index (κ1) is 16.6. The number of halogens is 1. The number of aromatic hydroxyl groups is 1. The molecule has 1 aliphatic heterocycles. The van der Waals surface area contributed by atoms with Crippen LogP contribution in [0.25, 0.3) is 11.1 Å². The van der Waals surface area contributed by atoms with Crippen molar-refractivity contribution in [1.82, 2.24) is 4.90 Å². The summed E-state index contributed by atoms with van der Waals surface area (Å²) in [4.78, 5) is 1.98. The van der Waals surface area contributed by atoms with Gasteiger partial charge in [0, 0.05) is 25.4 Å². The second-order valence-corrected chi connectivity index (χ2v) is 5.79. The van der Waals surface area contributed by atoms with Gasteiger partial charge in [0.2, 0.25) is 0 Å². The highest BCUT2D eigenvalue weighted by Crippen LogP contribution is 2.37. The zero-order chi connectivity index (χ0) is 18.0. The van der Waals surface area contributed by atoms with Gasteiger partial charge in [-0.05, 0) is 41.0 Å². The number of hydrogen-bond donors (Lipinski definition) is 1. The van der Waals surface area contributed by atoms with Crippen LogP contribution in [0, 0.1) is 17.1 Å². The van der Waals surface area contributed by atoms with E-state index in [0.29, 0.717) is 17.9 Å². The Morgan fingerprint density at radius 2 is 1.88 bits per heavy atom. The van der Waals surface area contributed by atoms with E-state index in [1.165, 1.54) is 19.2 Å². The van der Waals surface area contributed by atoms with E-state index in [2.05, 4.69) is 0 Å². The molecule has 1 heterocycles. The standard InChI is InChI=1S/C20H17FN2O2/c1-23-8-7-16(14-5-6-20(25-2)19(24)10-14)17(12-23)13-3-4-15(11-22)18(21)9-13/h3-7,9-10,12,24H,8H2,1-2H3.